The van der Waals surface area contributed by atoms with Crippen LogP contribution in [0.25, 0.3) is 0 Å². The van der Waals surface area contributed by atoms with Crippen LogP contribution in [0.2, 0.25) is 0 Å². The van der Waals surface area contributed by atoms with E-state index in [4.69, 9.17) is 4.74 Å². The molecule has 6 heteroatoms. The summed E-state index contributed by atoms with van der Waals surface area (Å²) in [6.07, 6.45) is -1.12. The minimum absolute atomic E-state index is 0.0320. The van der Waals surface area contributed by atoms with Crippen LogP contribution in [-0.2, 0) is 25.6 Å². The van der Waals surface area contributed by atoms with E-state index in [0.717, 1.165) is 5.56 Å². The number of carbonyl (C=O) groups is 4. The van der Waals surface area contributed by atoms with Crippen molar-refractivity contribution < 1.29 is 23.9 Å². The van der Waals surface area contributed by atoms with Crippen molar-refractivity contribution in [3.8, 4) is 5.75 Å². The first kappa shape index (κ1) is 12.9. The van der Waals surface area contributed by atoms with Crippen molar-refractivity contribution in [3.05, 3.63) is 29.8 Å². The summed E-state index contributed by atoms with van der Waals surface area (Å²) in [5, 5.41) is 1.88. The molecular formula is C13H11NO5. The Bertz CT molecular complexity index is 561. The van der Waals surface area contributed by atoms with Crippen molar-refractivity contribution in [3.63, 3.8) is 0 Å². The highest BCUT2D eigenvalue weighted by Gasteiger charge is 2.42. The summed E-state index contributed by atoms with van der Waals surface area (Å²) in [4.78, 5) is 44.5. The van der Waals surface area contributed by atoms with Crippen LogP contribution in [0.1, 0.15) is 12.5 Å². The summed E-state index contributed by atoms with van der Waals surface area (Å²) in [6, 6.07) is 6.41. The molecule has 1 aromatic rings. The Labute approximate surface area is 108 Å². The number of ketones is 2. The summed E-state index contributed by atoms with van der Waals surface area (Å²) in [5.41, 5.74) is 0.804. The zero-order chi connectivity index (χ0) is 14.0. The van der Waals surface area contributed by atoms with Crippen molar-refractivity contribution >= 4 is 23.4 Å². The molecule has 1 saturated heterocycles. The third-order valence-corrected chi connectivity index (χ3v) is 2.57. The monoisotopic (exact) mass is 261 g/mol. The van der Waals surface area contributed by atoms with Gasteiger partial charge in [0, 0.05) is 6.42 Å². The number of carbonyl (C=O) groups excluding carboxylic acids is 4. The van der Waals surface area contributed by atoms with Gasteiger partial charge in [0.15, 0.2) is 0 Å². The zero-order valence-corrected chi connectivity index (χ0v) is 10.1. The van der Waals surface area contributed by atoms with Crippen LogP contribution in [0.5, 0.6) is 5.75 Å². The van der Waals surface area contributed by atoms with Crippen LogP contribution in [0.4, 0.5) is 0 Å². The number of imide groups is 1. The van der Waals surface area contributed by atoms with Gasteiger partial charge in [0.1, 0.15) is 11.5 Å². The van der Waals surface area contributed by atoms with E-state index < -0.39 is 23.7 Å². The Morgan fingerprint density at radius 3 is 2.32 bits per heavy atom. The van der Waals surface area contributed by atoms with Crippen molar-refractivity contribution in [1.29, 1.82) is 0 Å². The lowest BCUT2D eigenvalue weighted by molar-refractivity contribution is -0.138. The molecule has 1 N–H and O–H groups in total. The molecule has 0 saturated carbocycles. The van der Waals surface area contributed by atoms with Gasteiger partial charge in [-0.3, -0.25) is 24.5 Å². The van der Waals surface area contributed by atoms with Gasteiger partial charge in [-0.2, -0.15) is 0 Å². The largest absolute Gasteiger partial charge is 0.472 e. The summed E-state index contributed by atoms with van der Waals surface area (Å²) in [5.74, 6) is -2.30. The highest BCUT2D eigenvalue weighted by atomic mass is 16.5. The molecule has 1 aromatic carbocycles. The van der Waals surface area contributed by atoms with Gasteiger partial charge >= 0.3 is 0 Å². The second-order valence-electron chi connectivity index (χ2n) is 4.20. The maximum Gasteiger partial charge on any atom is 0.298 e. The van der Waals surface area contributed by atoms with Gasteiger partial charge in [-0.15, -0.1) is 0 Å². The van der Waals surface area contributed by atoms with E-state index in [1.807, 2.05) is 5.32 Å². The maximum atomic E-state index is 11.3. The summed E-state index contributed by atoms with van der Waals surface area (Å²) in [6.45, 7) is 1.48. The average molecular weight is 261 g/mol. The van der Waals surface area contributed by atoms with Gasteiger partial charge in [0.25, 0.3) is 17.6 Å². The van der Waals surface area contributed by atoms with E-state index in [2.05, 4.69) is 0 Å². The van der Waals surface area contributed by atoms with Crippen LogP contribution < -0.4 is 10.1 Å². The molecule has 2 rings (SSSR count). The fourth-order valence-corrected chi connectivity index (χ4v) is 1.69. The number of hydrogen-bond acceptors (Lipinski definition) is 5. The number of amides is 2. The molecule has 1 heterocycles. The Hall–Kier alpha value is -2.50. The predicted molar refractivity (Wildman–Crippen MR) is 63.4 cm³/mol. The molecule has 1 aliphatic heterocycles. The standard InChI is InChI=1S/C13H11NO5/c1-7(15)6-8-2-4-9(5-3-8)19-11-10(16)12(17)14-13(11)18/h2-5,11H,6H2,1H3,(H,14,17,18). The van der Waals surface area contributed by atoms with Gasteiger partial charge < -0.3 is 4.74 Å². The number of benzene rings is 1. The number of rotatable bonds is 4. The lowest BCUT2D eigenvalue weighted by atomic mass is 10.1. The molecule has 0 spiro atoms. The van der Waals surface area contributed by atoms with Crippen LogP contribution in [0.15, 0.2) is 24.3 Å². The molecule has 19 heavy (non-hydrogen) atoms. The fraction of sp³-hybridized carbons (Fsp3) is 0.231. The normalized spacial score (nSPS) is 18.4. The number of Topliss-reactive ketones (excluding diaryl/α,β-unsaturated/α-hetero) is 2. The van der Waals surface area contributed by atoms with Gasteiger partial charge in [-0.1, -0.05) is 12.1 Å². The Kier molecular flexibility index (Phi) is 3.41. The number of hydrogen-bond donors (Lipinski definition) is 1. The lowest BCUT2D eigenvalue weighted by Crippen LogP contribution is -2.31. The van der Waals surface area contributed by atoms with Gasteiger partial charge in [-0.05, 0) is 24.6 Å². The number of nitrogens with one attached hydrogen (secondary N) is 1. The summed E-state index contributed by atoms with van der Waals surface area (Å²) in [7, 11) is 0. The Balaban J connectivity index is 2.07. The third kappa shape index (κ3) is 2.85. The Morgan fingerprint density at radius 2 is 1.84 bits per heavy atom. The van der Waals surface area contributed by atoms with E-state index in [1.54, 1.807) is 24.3 Å². The maximum absolute atomic E-state index is 11.3. The van der Waals surface area contributed by atoms with Crippen LogP contribution in [0, 0.1) is 0 Å². The second-order valence-corrected chi connectivity index (χ2v) is 4.20. The van der Waals surface area contributed by atoms with Gasteiger partial charge in [-0.25, -0.2) is 0 Å². The second kappa shape index (κ2) is 5.01. The first-order valence-corrected chi connectivity index (χ1v) is 5.61. The Morgan fingerprint density at radius 1 is 1.21 bits per heavy atom. The van der Waals surface area contributed by atoms with E-state index in [-0.39, 0.29) is 11.5 Å². The topological polar surface area (TPSA) is 89.5 Å². The molecular weight excluding hydrogens is 250 g/mol. The van der Waals surface area contributed by atoms with Gasteiger partial charge in [0.2, 0.25) is 6.10 Å². The van der Waals surface area contributed by atoms with Crippen molar-refractivity contribution in [2.75, 3.05) is 0 Å². The molecule has 2 amide bonds. The SMILES string of the molecule is CC(=O)Cc1ccc(OC2C(=O)NC(=O)C2=O)cc1. The number of ether oxygens (including phenoxy) is 1. The van der Waals surface area contributed by atoms with E-state index >= 15 is 0 Å². The predicted octanol–water partition coefficient (Wildman–Crippen LogP) is -0.209. The molecule has 0 aromatic heterocycles. The fourth-order valence-electron chi connectivity index (χ4n) is 1.69. The molecule has 0 aliphatic carbocycles. The first-order valence-electron chi connectivity index (χ1n) is 5.61. The molecule has 1 fully saturated rings. The summed E-state index contributed by atoms with van der Waals surface area (Å²) < 4.78 is 5.16. The van der Waals surface area contributed by atoms with Gasteiger partial charge in [0.05, 0.1) is 0 Å². The molecule has 1 atom stereocenters. The quantitative estimate of drug-likeness (QED) is 0.460. The van der Waals surface area contributed by atoms with Crippen molar-refractivity contribution in [2.24, 2.45) is 0 Å². The molecule has 1 unspecified atom stereocenters. The first-order chi connectivity index (χ1) is 8.97. The zero-order valence-electron chi connectivity index (χ0n) is 10.1. The molecule has 6 nitrogen and oxygen atoms in total. The third-order valence-electron chi connectivity index (χ3n) is 2.57. The van der Waals surface area contributed by atoms with E-state index in [0.29, 0.717) is 6.42 Å². The molecule has 98 valence electrons. The van der Waals surface area contributed by atoms with Crippen LogP contribution in [-0.4, -0.2) is 29.5 Å². The average Bonchev–Trinajstić information content (AvgIpc) is 2.58. The highest BCUT2D eigenvalue weighted by molar-refractivity contribution is 6.49. The highest BCUT2D eigenvalue weighted by Crippen LogP contribution is 2.16. The lowest BCUT2D eigenvalue weighted by Gasteiger charge is -2.09. The molecule has 0 radical (unpaired) electrons. The minimum atomic E-state index is -1.42. The molecule has 0 bridgehead atoms. The minimum Gasteiger partial charge on any atom is -0.472 e. The van der Waals surface area contributed by atoms with Crippen LogP contribution >= 0.6 is 0 Å². The summed E-state index contributed by atoms with van der Waals surface area (Å²) >= 11 is 0. The van der Waals surface area contributed by atoms with Crippen molar-refractivity contribution in [1.82, 2.24) is 5.32 Å². The van der Waals surface area contributed by atoms with Crippen molar-refractivity contribution in [2.45, 2.75) is 19.4 Å². The van der Waals surface area contributed by atoms with Crippen LogP contribution in [0.3, 0.4) is 0 Å². The van der Waals surface area contributed by atoms with E-state index in [9.17, 15) is 19.2 Å². The smallest absolute Gasteiger partial charge is 0.298 e. The molecule has 1 aliphatic rings. The van der Waals surface area contributed by atoms with E-state index in [1.165, 1.54) is 6.92 Å².